The molecule has 2 aliphatic heterocycles. The van der Waals surface area contributed by atoms with Gasteiger partial charge in [-0.2, -0.15) is 0 Å². The number of thioether (sulfide) groups is 1. The maximum Gasteiger partial charge on any atom is 0.245 e. The van der Waals surface area contributed by atoms with E-state index < -0.39 is 0 Å². The van der Waals surface area contributed by atoms with Crippen molar-refractivity contribution in [1.29, 1.82) is 0 Å². The third kappa shape index (κ3) is 4.21. The van der Waals surface area contributed by atoms with Gasteiger partial charge in [-0.3, -0.25) is 14.6 Å². The van der Waals surface area contributed by atoms with Crippen molar-refractivity contribution in [2.24, 2.45) is 0 Å². The number of methoxy groups -OCH3 is 2. The third-order valence-electron chi connectivity index (χ3n) is 6.14. The standard InChI is InChI=1S/C26H26N2O3S2/c1-30-22-12-17-10-11-27(15-18(17)13-23(22)31-2)16-26(29)28-20-6-4-5-7-24(20)33-25-9-8-19(32-3)14-21(25)28/h4-9,12-14H,10-11,15-16H2,1-3H3. The van der Waals surface area contributed by atoms with Crippen molar-refractivity contribution >= 4 is 40.8 Å². The Labute approximate surface area is 203 Å². The van der Waals surface area contributed by atoms with Crippen LogP contribution in [0.5, 0.6) is 11.5 Å². The average molecular weight is 479 g/mol. The number of benzene rings is 3. The van der Waals surface area contributed by atoms with Gasteiger partial charge in [-0.15, -0.1) is 11.8 Å². The molecular weight excluding hydrogens is 452 g/mol. The van der Waals surface area contributed by atoms with Crippen molar-refractivity contribution in [2.75, 3.05) is 38.5 Å². The van der Waals surface area contributed by atoms with Crippen LogP contribution in [0.15, 0.2) is 69.3 Å². The van der Waals surface area contributed by atoms with E-state index in [0.717, 1.165) is 50.5 Å². The Balaban J connectivity index is 1.43. The van der Waals surface area contributed by atoms with Crippen LogP contribution in [0.4, 0.5) is 11.4 Å². The summed E-state index contributed by atoms with van der Waals surface area (Å²) in [6, 6.07) is 18.6. The van der Waals surface area contributed by atoms with Gasteiger partial charge >= 0.3 is 0 Å². The smallest absolute Gasteiger partial charge is 0.245 e. The number of anilines is 2. The highest BCUT2D eigenvalue weighted by Gasteiger charge is 2.30. The van der Waals surface area contributed by atoms with Gasteiger partial charge in [0.25, 0.3) is 0 Å². The highest BCUT2D eigenvalue weighted by molar-refractivity contribution is 8.00. The molecule has 170 valence electrons. The molecule has 0 aliphatic carbocycles. The molecule has 2 heterocycles. The van der Waals surface area contributed by atoms with Crippen LogP contribution in [0.1, 0.15) is 11.1 Å². The number of ether oxygens (including phenoxy) is 2. The Morgan fingerprint density at radius 3 is 2.45 bits per heavy atom. The summed E-state index contributed by atoms with van der Waals surface area (Å²) in [6.07, 6.45) is 2.94. The number of hydrogen-bond acceptors (Lipinski definition) is 6. The first-order valence-corrected chi connectivity index (χ1v) is 12.9. The van der Waals surface area contributed by atoms with E-state index in [2.05, 4.69) is 41.5 Å². The Bertz CT molecular complexity index is 1210. The van der Waals surface area contributed by atoms with E-state index in [1.54, 1.807) is 37.7 Å². The zero-order valence-corrected chi connectivity index (χ0v) is 20.6. The van der Waals surface area contributed by atoms with Crippen LogP contribution in [-0.2, 0) is 17.8 Å². The van der Waals surface area contributed by atoms with Gasteiger partial charge in [-0.1, -0.05) is 23.9 Å². The molecule has 0 aromatic heterocycles. The largest absolute Gasteiger partial charge is 0.493 e. The fourth-order valence-corrected chi connectivity index (χ4v) is 5.94. The number of fused-ring (bicyclic) bond motifs is 3. The van der Waals surface area contributed by atoms with Gasteiger partial charge < -0.3 is 9.47 Å². The number of carbonyl (C=O) groups excluding carboxylic acids is 1. The Morgan fingerprint density at radius 2 is 1.70 bits per heavy atom. The van der Waals surface area contributed by atoms with Gasteiger partial charge in [0.2, 0.25) is 5.91 Å². The fourth-order valence-electron chi connectivity index (χ4n) is 4.47. The van der Waals surface area contributed by atoms with Crippen molar-refractivity contribution in [3.63, 3.8) is 0 Å². The molecule has 2 aliphatic rings. The average Bonchev–Trinajstić information content (AvgIpc) is 2.85. The molecule has 5 nitrogen and oxygen atoms in total. The van der Waals surface area contributed by atoms with E-state index in [9.17, 15) is 4.79 Å². The molecule has 0 bridgehead atoms. The molecule has 33 heavy (non-hydrogen) atoms. The Hall–Kier alpha value is -2.61. The van der Waals surface area contributed by atoms with Crippen LogP contribution < -0.4 is 14.4 Å². The molecule has 3 aromatic rings. The van der Waals surface area contributed by atoms with E-state index in [-0.39, 0.29) is 5.91 Å². The zero-order chi connectivity index (χ0) is 22.9. The van der Waals surface area contributed by atoms with Crippen LogP contribution in [0.2, 0.25) is 0 Å². The van der Waals surface area contributed by atoms with E-state index in [4.69, 9.17) is 9.47 Å². The first kappa shape index (κ1) is 22.2. The van der Waals surface area contributed by atoms with E-state index in [1.165, 1.54) is 11.1 Å². The minimum absolute atomic E-state index is 0.0891. The third-order valence-corrected chi connectivity index (χ3v) is 7.99. The SMILES string of the molecule is COc1cc2c(cc1OC)CN(CC(=O)N1c3ccccc3Sc3ccc(SC)cc31)CC2. The molecule has 0 fully saturated rings. The number of amides is 1. The molecule has 0 atom stereocenters. The van der Waals surface area contributed by atoms with Crippen LogP contribution >= 0.6 is 23.5 Å². The fraction of sp³-hybridized carbons (Fsp3) is 0.269. The quantitative estimate of drug-likeness (QED) is 0.444. The van der Waals surface area contributed by atoms with E-state index >= 15 is 0 Å². The summed E-state index contributed by atoms with van der Waals surface area (Å²) in [5.74, 6) is 1.57. The van der Waals surface area contributed by atoms with Gasteiger partial charge in [-0.05, 0) is 66.3 Å². The lowest BCUT2D eigenvalue weighted by molar-refractivity contribution is -0.119. The van der Waals surface area contributed by atoms with Crippen LogP contribution in [-0.4, -0.2) is 44.4 Å². The first-order chi connectivity index (χ1) is 16.1. The predicted octanol–water partition coefficient (Wildman–Crippen LogP) is 5.61. The monoisotopic (exact) mass is 478 g/mol. The zero-order valence-electron chi connectivity index (χ0n) is 19.0. The van der Waals surface area contributed by atoms with E-state index in [0.29, 0.717) is 13.1 Å². The number of rotatable bonds is 5. The summed E-state index contributed by atoms with van der Waals surface area (Å²) in [5, 5.41) is 0. The minimum Gasteiger partial charge on any atom is -0.493 e. The van der Waals surface area contributed by atoms with Gasteiger partial charge in [0.05, 0.1) is 32.1 Å². The van der Waals surface area contributed by atoms with Crippen LogP contribution in [0, 0.1) is 0 Å². The Kier molecular flexibility index (Phi) is 6.27. The number of nitrogens with zero attached hydrogens (tertiary/aromatic N) is 2. The number of carbonyl (C=O) groups is 1. The summed E-state index contributed by atoms with van der Waals surface area (Å²) in [7, 11) is 3.31. The second-order valence-electron chi connectivity index (χ2n) is 8.07. The number of para-hydroxylation sites is 1. The lowest BCUT2D eigenvalue weighted by Crippen LogP contribution is -2.41. The maximum absolute atomic E-state index is 13.8. The second kappa shape index (κ2) is 9.33. The molecule has 3 aromatic carbocycles. The summed E-state index contributed by atoms with van der Waals surface area (Å²) < 4.78 is 10.9. The minimum atomic E-state index is 0.0891. The summed E-state index contributed by atoms with van der Waals surface area (Å²) in [4.78, 5) is 21.3. The van der Waals surface area contributed by atoms with Gasteiger partial charge in [-0.25, -0.2) is 0 Å². The van der Waals surface area contributed by atoms with E-state index in [1.807, 2.05) is 29.2 Å². The number of hydrogen-bond donors (Lipinski definition) is 0. The molecule has 0 unspecified atom stereocenters. The van der Waals surface area contributed by atoms with Crippen molar-refractivity contribution in [3.05, 3.63) is 65.7 Å². The molecule has 0 radical (unpaired) electrons. The van der Waals surface area contributed by atoms with Crippen LogP contribution in [0.3, 0.4) is 0 Å². The van der Waals surface area contributed by atoms with Crippen molar-refractivity contribution in [3.8, 4) is 11.5 Å². The molecule has 7 heteroatoms. The second-order valence-corrected chi connectivity index (χ2v) is 10.0. The van der Waals surface area contributed by atoms with Gasteiger partial charge in [0, 0.05) is 27.8 Å². The normalized spacial score (nSPS) is 14.8. The molecular formula is C26H26N2O3S2. The van der Waals surface area contributed by atoms with Gasteiger partial charge in [0.15, 0.2) is 11.5 Å². The first-order valence-electron chi connectivity index (χ1n) is 10.8. The molecule has 1 amide bonds. The van der Waals surface area contributed by atoms with Crippen molar-refractivity contribution in [1.82, 2.24) is 4.90 Å². The van der Waals surface area contributed by atoms with Crippen molar-refractivity contribution < 1.29 is 14.3 Å². The predicted molar refractivity (Wildman–Crippen MR) is 134 cm³/mol. The molecule has 0 saturated carbocycles. The van der Waals surface area contributed by atoms with Crippen molar-refractivity contribution in [2.45, 2.75) is 27.7 Å². The summed E-state index contributed by atoms with van der Waals surface area (Å²) >= 11 is 3.42. The molecule has 0 spiro atoms. The molecule has 0 saturated heterocycles. The van der Waals surface area contributed by atoms with Gasteiger partial charge in [0.1, 0.15) is 0 Å². The lowest BCUT2D eigenvalue weighted by atomic mass is 9.98. The highest BCUT2D eigenvalue weighted by atomic mass is 32.2. The maximum atomic E-state index is 13.8. The highest BCUT2D eigenvalue weighted by Crippen LogP contribution is 2.49. The summed E-state index contributed by atoms with van der Waals surface area (Å²) in [6.45, 7) is 1.90. The summed E-state index contributed by atoms with van der Waals surface area (Å²) in [5.41, 5.74) is 4.37. The Morgan fingerprint density at radius 1 is 0.970 bits per heavy atom. The van der Waals surface area contributed by atoms with Crippen LogP contribution in [0.25, 0.3) is 0 Å². The lowest BCUT2D eigenvalue weighted by Gasteiger charge is -2.34. The topological polar surface area (TPSA) is 42.0 Å². The molecule has 5 rings (SSSR count). The molecule has 0 N–H and O–H groups in total.